The van der Waals surface area contributed by atoms with Gasteiger partial charge in [-0.25, -0.2) is 0 Å². The van der Waals surface area contributed by atoms with Crippen molar-refractivity contribution in [1.82, 2.24) is 4.57 Å². The number of carbonyl (C=O) groups excluding carboxylic acids is 3. The first-order valence-corrected chi connectivity index (χ1v) is 6.40. The van der Waals surface area contributed by atoms with E-state index in [-0.39, 0.29) is 30.3 Å². The van der Waals surface area contributed by atoms with Crippen LogP contribution in [0.2, 0.25) is 0 Å². The molecule has 0 saturated carbocycles. The molecule has 0 aliphatic heterocycles. The highest BCUT2D eigenvalue weighted by atomic mass is 16.4. The highest BCUT2D eigenvalue weighted by Crippen LogP contribution is 2.26. The number of carboxylic acids is 1. The second-order valence-corrected chi connectivity index (χ2v) is 4.51. The molecule has 0 amide bonds. The van der Waals surface area contributed by atoms with Crippen LogP contribution in [0.3, 0.4) is 0 Å². The summed E-state index contributed by atoms with van der Waals surface area (Å²) in [6.07, 6.45) is -0.454. The molecule has 23 heavy (non-hydrogen) atoms. The summed E-state index contributed by atoms with van der Waals surface area (Å²) in [5.74, 6) is -2.19. The van der Waals surface area contributed by atoms with Crippen molar-refractivity contribution in [2.75, 3.05) is 0 Å². The molecule has 0 aliphatic carbocycles. The van der Waals surface area contributed by atoms with Crippen molar-refractivity contribution in [3.63, 3.8) is 0 Å². The van der Waals surface area contributed by atoms with Crippen LogP contribution in [0.5, 0.6) is 5.75 Å². The molecular weight excluding hydrogens is 306 g/mol. The number of fused-ring (bicyclic) bond motifs is 1. The topological polar surface area (TPSA) is 131 Å². The van der Waals surface area contributed by atoms with Crippen molar-refractivity contribution in [3.05, 3.63) is 40.2 Å². The van der Waals surface area contributed by atoms with Crippen molar-refractivity contribution < 1.29 is 29.4 Å². The van der Waals surface area contributed by atoms with E-state index in [2.05, 4.69) is 0 Å². The van der Waals surface area contributed by atoms with Crippen LogP contribution in [0.25, 0.3) is 10.9 Å². The fourth-order valence-corrected chi connectivity index (χ4v) is 2.08. The van der Waals surface area contributed by atoms with Crippen molar-refractivity contribution >= 4 is 28.8 Å². The van der Waals surface area contributed by atoms with Gasteiger partial charge in [0, 0.05) is 18.9 Å². The largest absolute Gasteiger partial charge is 0.506 e. The Bertz CT molecular complexity index is 845. The van der Waals surface area contributed by atoms with Crippen LogP contribution in [-0.4, -0.2) is 32.7 Å². The van der Waals surface area contributed by atoms with Gasteiger partial charge in [0.2, 0.25) is 0 Å². The van der Waals surface area contributed by atoms with Crippen LogP contribution in [0, 0.1) is 0 Å². The molecule has 1 heterocycles. The SMILES string of the molecule is Cn1c(=O)c(C(=O)CCC(=O)O)c(O)c2ccccc21.O=C=O. The van der Waals surface area contributed by atoms with Crippen molar-refractivity contribution in [1.29, 1.82) is 0 Å². The fourth-order valence-electron chi connectivity index (χ4n) is 2.08. The highest BCUT2D eigenvalue weighted by Gasteiger charge is 2.21. The summed E-state index contributed by atoms with van der Waals surface area (Å²) in [5, 5.41) is 19.1. The molecule has 2 aromatic rings. The number of aromatic nitrogens is 1. The zero-order chi connectivity index (χ0) is 17.6. The van der Waals surface area contributed by atoms with Gasteiger partial charge in [-0.3, -0.25) is 14.4 Å². The molecule has 0 unspecified atom stereocenters. The lowest BCUT2D eigenvalue weighted by molar-refractivity contribution is -0.191. The van der Waals surface area contributed by atoms with Gasteiger partial charge in [0.25, 0.3) is 5.56 Å². The fraction of sp³-hybridized carbons (Fsp3) is 0.200. The predicted molar refractivity (Wildman–Crippen MR) is 77.1 cm³/mol. The van der Waals surface area contributed by atoms with Gasteiger partial charge in [0.05, 0.1) is 11.9 Å². The van der Waals surface area contributed by atoms with Gasteiger partial charge in [-0.05, 0) is 12.1 Å². The normalized spacial score (nSPS) is 9.61. The first-order valence-electron chi connectivity index (χ1n) is 6.40. The zero-order valence-electron chi connectivity index (χ0n) is 12.1. The standard InChI is InChI=1S/C14H13NO5.CO2/c1-15-9-5-3-2-4-8(9)13(19)12(14(15)20)10(16)6-7-11(17)18;2-1-3/h2-5,19H,6-7H2,1H3,(H,17,18);. The van der Waals surface area contributed by atoms with E-state index in [1.165, 1.54) is 11.6 Å². The molecule has 0 saturated heterocycles. The maximum absolute atomic E-state index is 12.1. The number of aromatic hydroxyl groups is 1. The number of carbonyl (C=O) groups is 2. The number of hydrogen-bond acceptors (Lipinski definition) is 6. The summed E-state index contributed by atoms with van der Waals surface area (Å²) >= 11 is 0. The number of carboxylic acid groups (broad SMARTS) is 1. The average molecular weight is 319 g/mol. The van der Waals surface area contributed by atoms with Crippen molar-refractivity contribution in [2.24, 2.45) is 7.05 Å². The Kier molecular flexibility index (Phi) is 5.94. The summed E-state index contributed by atoms with van der Waals surface area (Å²) in [7, 11) is 1.50. The van der Waals surface area contributed by atoms with E-state index in [0.29, 0.717) is 10.9 Å². The average Bonchev–Trinajstić information content (AvgIpc) is 2.52. The summed E-state index contributed by atoms with van der Waals surface area (Å²) in [6, 6.07) is 6.64. The Morgan fingerprint density at radius 1 is 1.17 bits per heavy atom. The third-order valence-corrected chi connectivity index (χ3v) is 3.12. The van der Waals surface area contributed by atoms with Gasteiger partial charge in [0.15, 0.2) is 5.78 Å². The van der Waals surface area contributed by atoms with Gasteiger partial charge >= 0.3 is 12.1 Å². The molecule has 0 radical (unpaired) electrons. The summed E-state index contributed by atoms with van der Waals surface area (Å²) in [5.41, 5.74) is -0.478. The summed E-state index contributed by atoms with van der Waals surface area (Å²) in [4.78, 5) is 50.8. The second kappa shape index (κ2) is 7.67. The third kappa shape index (κ3) is 3.90. The highest BCUT2D eigenvalue weighted by molar-refractivity contribution is 6.04. The van der Waals surface area contributed by atoms with E-state index >= 15 is 0 Å². The molecular formula is C15H13NO7. The molecule has 0 fully saturated rings. The Morgan fingerprint density at radius 3 is 2.30 bits per heavy atom. The minimum atomic E-state index is -1.13. The van der Waals surface area contributed by atoms with Crippen molar-refractivity contribution in [3.8, 4) is 5.75 Å². The van der Waals surface area contributed by atoms with E-state index in [4.69, 9.17) is 14.7 Å². The van der Waals surface area contributed by atoms with E-state index in [1.54, 1.807) is 24.3 Å². The summed E-state index contributed by atoms with van der Waals surface area (Å²) in [6.45, 7) is 0. The lowest BCUT2D eigenvalue weighted by Gasteiger charge is -2.10. The van der Waals surface area contributed by atoms with E-state index in [1.807, 2.05) is 0 Å². The molecule has 8 nitrogen and oxygen atoms in total. The van der Waals surface area contributed by atoms with Crippen LogP contribution in [0.15, 0.2) is 29.1 Å². The number of aliphatic carboxylic acids is 1. The number of ketones is 1. The molecule has 0 atom stereocenters. The van der Waals surface area contributed by atoms with Gasteiger partial charge < -0.3 is 14.8 Å². The molecule has 0 aliphatic rings. The monoisotopic (exact) mass is 319 g/mol. The summed E-state index contributed by atoms with van der Waals surface area (Å²) < 4.78 is 1.27. The Labute approximate surface area is 129 Å². The number of pyridine rings is 1. The molecule has 2 N–H and O–H groups in total. The predicted octanol–water partition coefficient (Wildman–Crippen LogP) is 0.708. The Hall–Kier alpha value is -3.25. The molecule has 0 bridgehead atoms. The number of aryl methyl sites for hydroxylation is 1. The second-order valence-electron chi connectivity index (χ2n) is 4.51. The lowest BCUT2D eigenvalue weighted by atomic mass is 10.0. The van der Waals surface area contributed by atoms with Gasteiger partial charge in [-0.15, -0.1) is 0 Å². The number of Topliss-reactive ketones (excluding diaryl/α,β-unsaturated/α-hetero) is 1. The lowest BCUT2D eigenvalue weighted by Crippen LogP contribution is -2.25. The van der Waals surface area contributed by atoms with E-state index in [9.17, 15) is 19.5 Å². The Balaban J connectivity index is 0.000000816. The van der Waals surface area contributed by atoms with Gasteiger partial charge in [-0.2, -0.15) is 9.59 Å². The van der Waals surface area contributed by atoms with Crippen molar-refractivity contribution in [2.45, 2.75) is 12.8 Å². The minimum absolute atomic E-state index is 0.250. The first kappa shape index (κ1) is 17.8. The number of benzene rings is 1. The maximum Gasteiger partial charge on any atom is 0.373 e. The molecule has 1 aromatic heterocycles. The van der Waals surface area contributed by atoms with Gasteiger partial charge in [-0.1, -0.05) is 12.1 Å². The Morgan fingerprint density at radius 2 is 1.74 bits per heavy atom. The molecule has 120 valence electrons. The van der Waals surface area contributed by atoms with Crippen LogP contribution in [-0.2, 0) is 21.4 Å². The molecule has 8 heteroatoms. The first-order chi connectivity index (χ1) is 10.8. The zero-order valence-corrected chi connectivity index (χ0v) is 12.1. The van der Waals surface area contributed by atoms with Gasteiger partial charge in [0.1, 0.15) is 11.3 Å². The molecule has 0 spiro atoms. The quantitative estimate of drug-likeness (QED) is 0.793. The number of hydrogen-bond donors (Lipinski definition) is 2. The van der Waals surface area contributed by atoms with Crippen LogP contribution >= 0.6 is 0 Å². The smallest absolute Gasteiger partial charge is 0.373 e. The maximum atomic E-state index is 12.1. The molecule has 1 aromatic carbocycles. The van der Waals surface area contributed by atoms with Crippen LogP contribution < -0.4 is 5.56 Å². The molecule has 2 rings (SSSR count). The third-order valence-electron chi connectivity index (χ3n) is 3.12. The minimum Gasteiger partial charge on any atom is -0.506 e. The number of para-hydroxylation sites is 1. The van der Waals surface area contributed by atoms with Crippen LogP contribution in [0.1, 0.15) is 23.2 Å². The van der Waals surface area contributed by atoms with E-state index in [0.717, 1.165) is 0 Å². The van der Waals surface area contributed by atoms with E-state index < -0.39 is 17.3 Å². The number of nitrogens with zero attached hydrogens (tertiary/aromatic N) is 1. The van der Waals surface area contributed by atoms with Crippen LogP contribution in [0.4, 0.5) is 0 Å². The number of rotatable bonds is 4.